The molecule has 0 spiro atoms. The van der Waals surface area contributed by atoms with E-state index in [-0.39, 0.29) is 5.91 Å². The van der Waals surface area contributed by atoms with Gasteiger partial charge in [0, 0.05) is 25.7 Å². The third-order valence-electron chi connectivity index (χ3n) is 3.48. The summed E-state index contributed by atoms with van der Waals surface area (Å²) in [7, 11) is 5.39. The van der Waals surface area contributed by atoms with Gasteiger partial charge in [0.25, 0.3) is 5.91 Å². The summed E-state index contributed by atoms with van der Waals surface area (Å²) >= 11 is 0. The van der Waals surface area contributed by atoms with Crippen LogP contribution in [0.25, 0.3) is 0 Å². The van der Waals surface area contributed by atoms with E-state index >= 15 is 0 Å². The molecule has 0 saturated heterocycles. The van der Waals surface area contributed by atoms with Gasteiger partial charge in [0.05, 0.1) is 7.11 Å². The molecule has 2 aromatic carbocycles. The smallest absolute Gasteiger partial charge is 0.251 e. The molecule has 1 N–H and O–H groups in total. The van der Waals surface area contributed by atoms with E-state index in [0.29, 0.717) is 5.56 Å². The molecule has 0 radical (unpaired) electrons. The minimum absolute atomic E-state index is 0.0590. The Bertz CT molecular complexity index is 623. The lowest BCUT2D eigenvalue weighted by atomic mass is 10.1. The van der Waals surface area contributed by atoms with Crippen LogP contribution in [0, 0.1) is 0 Å². The summed E-state index contributed by atoms with van der Waals surface area (Å²) in [4.78, 5) is 13.7. The molecular formula is C18H22N2O2. The van der Waals surface area contributed by atoms with E-state index in [4.69, 9.17) is 4.74 Å². The van der Waals surface area contributed by atoms with Gasteiger partial charge in [-0.05, 0) is 42.4 Å². The van der Waals surface area contributed by atoms with Crippen LogP contribution in [0.15, 0.2) is 48.5 Å². The largest absolute Gasteiger partial charge is 0.497 e. The van der Waals surface area contributed by atoms with E-state index in [1.54, 1.807) is 14.2 Å². The molecule has 116 valence electrons. The number of methoxy groups -OCH3 is 1. The van der Waals surface area contributed by atoms with Crippen LogP contribution in [-0.2, 0) is 13.1 Å². The van der Waals surface area contributed by atoms with Gasteiger partial charge in [0.1, 0.15) is 5.75 Å². The van der Waals surface area contributed by atoms with Crippen molar-refractivity contribution in [3.05, 3.63) is 65.2 Å². The van der Waals surface area contributed by atoms with Gasteiger partial charge in [0.15, 0.2) is 0 Å². The first-order chi connectivity index (χ1) is 10.6. The monoisotopic (exact) mass is 298 g/mol. The van der Waals surface area contributed by atoms with Crippen molar-refractivity contribution in [1.82, 2.24) is 10.2 Å². The molecule has 1 amide bonds. The molecule has 0 saturated carbocycles. The summed E-state index contributed by atoms with van der Waals surface area (Å²) in [6, 6.07) is 15.8. The number of hydrogen-bond donors (Lipinski definition) is 1. The number of rotatable bonds is 6. The summed E-state index contributed by atoms with van der Waals surface area (Å²) in [6.45, 7) is 1.67. The molecule has 0 bridgehead atoms. The fraction of sp³-hybridized carbons (Fsp3) is 0.278. The Morgan fingerprint density at radius 3 is 2.41 bits per heavy atom. The maximum absolute atomic E-state index is 11.5. The van der Waals surface area contributed by atoms with Crippen molar-refractivity contribution in [2.45, 2.75) is 13.1 Å². The average molecular weight is 298 g/mol. The second-order valence-corrected chi connectivity index (χ2v) is 5.30. The molecule has 0 fully saturated rings. The second-order valence-electron chi connectivity index (χ2n) is 5.30. The van der Waals surface area contributed by atoms with Crippen LogP contribution in [0.3, 0.4) is 0 Å². The number of hydrogen-bond acceptors (Lipinski definition) is 3. The first-order valence-electron chi connectivity index (χ1n) is 7.25. The average Bonchev–Trinajstić information content (AvgIpc) is 2.55. The van der Waals surface area contributed by atoms with Crippen LogP contribution < -0.4 is 10.1 Å². The molecule has 2 aromatic rings. The van der Waals surface area contributed by atoms with E-state index in [0.717, 1.165) is 18.8 Å². The molecule has 0 aliphatic carbocycles. The van der Waals surface area contributed by atoms with Gasteiger partial charge >= 0.3 is 0 Å². The van der Waals surface area contributed by atoms with Gasteiger partial charge in [-0.25, -0.2) is 0 Å². The summed E-state index contributed by atoms with van der Waals surface area (Å²) in [5.41, 5.74) is 3.07. The van der Waals surface area contributed by atoms with Crippen molar-refractivity contribution in [2.24, 2.45) is 0 Å². The molecule has 0 heterocycles. The zero-order valence-electron chi connectivity index (χ0n) is 13.3. The molecule has 0 unspecified atom stereocenters. The fourth-order valence-corrected chi connectivity index (χ4v) is 2.36. The van der Waals surface area contributed by atoms with Crippen molar-refractivity contribution in [1.29, 1.82) is 0 Å². The number of amides is 1. The Kier molecular flexibility index (Phi) is 5.55. The highest BCUT2D eigenvalue weighted by Gasteiger charge is 2.05. The highest BCUT2D eigenvalue weighted by Crippen LogP contribution is 2.15. The fourth-order valence-electron chi connectivity index (χ4n) is 2.36. The maximum Gasteiger partial charge on any atom is 0.251 e. The third-order valence-corrected chi connectivity index (χ3v) is 3.48. The first-order valence-corrected chi connectivity index (χ1v) is 7.25. The first kappa shape index (κ1) is 16.0. The summed E-state index contributed by atoms with van der Waals surface area (Å²) < 4.78 is 5.24. The van der Waals surface area contributed by atoms with E-state index in [1.807, 2.05) is 42.5 Å². The van der Waals surface area contributed by atoms with Crippen LogP contribution in [-0.4, -0.2) is 32.0 Å². The van der Waals surface area contributed by atoms with Crippen LogP contribution in [0.5, 0.6) is 5.75 Å². The third kappa shape index (κ3) is 4.33. The van der Waals surface area contributed by atoms with Crippen LogP contribution in [0.1, 0.15) is 21.5 Å². The molecule has 2 rings (SSSR count). The van der Waals surface area contributed by atoms with Gasteiger partial charge in [-0.2, -0.15) is 0 Å². The number of carbonyl (C=O) groups is 1. The van der Waals surface area contributed by atoms with E-state index in [9.17, 15) is 4.79 Å². The molecule has 22 heavy (non-hydrogen) atoms. The molecule has 0 aliphatic heterocycles. The highest BCUT2D eigenvalue weighted by molar-refractivity contribution is 5.93. The number of carbonyl (C=O) groups excluding carboxylic acids is 1. The summed E-state index contributed by atoms with van der Waals surface area (Å²) in [5.74, 6) is 0.817. The number of nitrogens with zero attached hydrogens (tertiary/aromatic N) is 1. The molecule has 0 atom stereocenters. The van der Waals surface area contributed by atoms with Gasteiger partial charge < -0.3 is 10.1 Å². The zero-order chi connectivity index (χ0) is 15.9. The predicted octanol–water partition coefficient (Wildman–Crippen LogP) is 2.69. The number of ether oxygens (including phenoxy) is 1. The molecular weight excluding hydrogens is 276 g/mol. The Balaban J connectivity index is 1.96. The Morgan fingerprint density at radius 2 is 1.77 bits per heavy atom. The lowest BCUT2D eigenvalue weighted by Crippen LogP contribution is -2.19. The van der Waals surface area contributed by atoms with Crippen molar-refractivity contribution in [3.63, 3.8) is 0 Å². The van der Waals surface area contributed by atoms with Gasteiger partial charge in [-0.1, -0.05) is 24.3 Å². The molecule has 0 aromatic heterocycles. The molecule has 0 aliphatic rings. The predicted molar refractivity (Wildman–Crippen MR) is 88.0 cm³/mol. The SMILES string of the molecule is CNC(=O)c1ccc(CN(C)Cc2cccc(OC)c2)cc1. The quantitative estimate of drug-likeness (QED) is 0.891. The standard InChI is InChI=1S/C18H22N2O2/c1-19-18(21)16-9-7-14(8-10-16)12-20(2)13-15-5-4-6-17(11-15)22-3/h4-11H,12-13H2,1-3H3,(H,19,21). The highest BCUT2D eigenvalue weighted by atomic mass is 16.5. The van der Waals surface area contributed by atoms with Gasteiger partial charge in [-0.15, -0.1) is 0 Å². The van der Waals surface area contributed by atoms with Crippen LogP contribution >= 0.6 is 0 Å². The zero-order valence-corrected chi connectivity index (χ0v) is 13.3. The normalized spacial score (nSPS) is 10.5. The second kappa shape index (κ2) is 7.61. The number of benzene rings is 2. The van der Waals surface area contributed by atoms with Crippen molar-refractivity contribution in [3.8, 4) is 5.75 Å². The van der Waals surface area contributed by atoms with Crippen molar-refractivity contribution in [2.75, 3.05) is 21.2 Å². The minimum Gasteiger partial charge on any atom is -0.497 e. The Labute approximate surface area is 131 Å². The molecule has 4 heteroatoms. The van der Waals surface area contributed by atoms with Gasteiger partial charge in [-0.3, -0.25) is 9.69 Å². The van der Waals surface area contributed by atoms with E-state index in [2.05, 4.69) is 23.3 Å². The minimum atomic E-state index is -0.0590. The lowest BCUT2D eigenvalue weighted by Gasteiger charge is -2.17. The van der Waals surface area contributed by atoms with Gasteiger partial charge in [0.2, 0.25) is 0 Å². The van der Waals surface area contributed by atoms with Crippen molar-refractivity contribution >= 4 is 5.91 Å². The van der Waals surface area contributed by atoms with Crippen molar-refractivity contribution < 1.29 is 9.53 Å². The Hall–Kier alpha value is -2.33. The van der Waals surface area contributed by atoms with E-state index < -0.39 is 0 Å². The van der Waals surface area contributed by atoms with Crippen LogP contribution in [0.4, 0.5) is 0 Å². The Morgan fingerprint density at radius 1 is 1.09 bits per heavy atom. The van der Waals surface area contributed by atoms with E-state index in [1.165, 1.54) is 11.1 Å². The maximum atomic E-state index is 11.5. The molecule has 4 nitrogen and oxygen atoms in total. The lowest BCUT2D eigenvalue weighted by molar-refractivity contribution is 0.0963. The summed E-state index contributed by atoms with van der Waals surface area (Å²) in [5, 5.41) is 2.62. The number of nitrogens with one attached hydrogen (secondary N) is 1. The van der Waals surface area contributed by atoms with Crippen LogP contribution in [0.2, 0.25) is 0 Å². The topological polar surface area (TPSA) is 41.6 Å². The summed E-state index contributed by atoms with van der Waals surface area (Å²) in [6.07, 6.45) is 0.